The molecule has 2 aromatic rings. The van der Waals surface area contributed by atoms with Gasteiger partial charge < -0.3 is 9.64 Å². The first-order chi connectivity index (χ1) is 10.3. The van der Waals surface area contributed by atoms with Crippen LogP contribution in [-0.2, 0) is 0 Å². The quantitative estimate of drug-likeness (QED) is 0.843. The molecule has 1 unspecified atom stereocenters. The first-order valence-corrected chi connectivity index (χ1v) is 7.72. The SMILES string of the molecule is Brc1cnc(OCC2CCCN(c3cnccn3)C2)nc1. The largest absolute Gasteiger partial charge is 0.463 e. The molecular formula is C14H16BrN5O. The molecule has 0 aromatic carbocycles. The van der Waals surface area contributed by atoms with Crippen molar-refractivity contribution in [2.75, 3.05) is 24.6 Å². The van der Waals surface area contributed by atoms with E-state index in [1.54, 1.807) is 31.0 Å². The van der Waals surface area contributed by atoms with Crippen molar-refractivity contribution in [2.45, 2.75) is 12.8 Å². The Morgan fingerprint density at radius 3 is 2.81 bits per heavy atom. The Morgan fingerprint density at radius 1 is 1.19 bits per heavy atom. The lowest BCUT2D eigenvalue weighted by molar-refractivity contribution is 0.213. The fraction of sp³-hybridized carbons (Fsp3) is 0.429. The highest BCUT2D eigenvalue weighted by molar-refractivity contribution is 9.10. The minimum absolute atomic E-state index is 0.426. The molecule has 110 valence electrons. The molecule has 0 saturated carbocycles. The van der Waals surface area contributed by atoms with E-state index in [9.17, 15) is 0 Å². The third-order valence-electron chi connectivity index (χ3n) is 3.44. The maximum Gasteiger partial charge on any atom is 0.316 e. The standard InChI is InChI=1S/C14H16BrN5O/c15-12-6-18-14(19-7-12)21-10-11-2-1-5-20(9-11)13-8-16-3-4-17-13/h3-4,6-8,11H,1-2,5,9-10H2. The van der Waals surface area contributed by atoms with Crippen molar-refractivity contribution in [3.05, 3.63) is 35.5 Å². The van der Waals surface area contributed by atoms with E-state index in [0.717, 1.165) is 36.2 Å². The molecule has 2 aromatic heterocycles. The van der Waals surface area contributed by atoms with Crippen molar-refractivity contribution >= 4 is 21.7 Å². The minimum Gasteiger partial charge on any atom is -0.463 e. The topological polar surface area (TPSA) is 64.0 Å². The number of rotatable bonds is 4. The molecule has 6 nitrogen and oxygen atoms in total. The molecule has 1 aliphatic heterocycles. The second-order valence-corrected chi connectivity index (χ2v) is 5.93. The second-order valence-electron chi connectivity index (χ2n) is 5.01. The van der Waals surface area contributed by atoms with E-state index < -0.39 is 0 Å². The summed E-state index contributed by atoms with van der Waals surface area (Å²) < 4.78 is 6.53. The first kappa shape index (κ1) is 14.2. The number of aromatic nitrogens is 4. The summed E-state index contributed by atoms with van der Waals surface area (Å²) in [5.41, 5.74) is 0. The summed E-state index contributed by atoms with van der Waals surface area (Å²) in [6.45, 7) is 2.57. The zero-order valence-corrected chi connectivity index (χ0v) is 13.1. The molecule has 0 radical (unpaired) electrons. The van der Waals surface area contributed by atoms with Gasteiger partial charge in [0.25, 0.3) is 0 Å². The lowest BCUT2D eigenvalue weighted by Gasteiger charge is -2.32. The summed E-state index contributed by atoms with van der Waals surface area (Å²) in [6, 6.07) is 0.426. The van der Waals surface area contributed by atoms with Gasteiger partial charge in [0, 0.05) is 43.8 Å². The van der Waals surface area contributed by atoms with E-state index in [-0.39, 0.29) is 0 Å². The third-order valence-corrected chi connectivity index (χ3v) is 3.85. The van der Waals surface area contributed by atoms with Crippen LogP contribution >= 0.6 is 15.9 Å². The summed E-state index contributed by atoms with van der Waals surface area (Å²) in [4.78, 5) is 19.0. The number of anilines is 1. The molecule has 1 aliphatic rings. The highest BCUT2D eigenvalue weighted by Gasteiger charge is 2.21. The smallest absolute Gasteiger partial charge is 0.316 e. The van der Waals surface area contributed by atoms with Crippen molar-refractivity contribution in [3.8, 4) is 6.01 Å². The van der Waals surface area contributed by atoms with Crippen molar-refractivity contribution in [1.82, 2.24) is 19.9 Å². The molecule has 3 heterocycles. The van der Waals surface area contributed by atoms with Crippen LogP contribution in [0.25, 0.3) is 0 Å². The summed E-state index contributed by atoms with van der Waals surface area (Å²) in [5.74, 6) is 1.38. The number of piperidine rings is 1. The molecule has 1 fully saturated rings. The Labute approximate surface area is 131 Å². The first-order valence-electron chi connectivity index (χ1n) is 6.92. The molecule has 0 bridgehead atoms. The number of ether oxygens (including phenoxy) is 1. The van der Waals surface area contributed by atoms with Gasteiger partial charge >= 0.3 is 6.01 Å². The van der Waals surface area contributed by atoms with Gasteiger partial charge in [-0.3, -0.25) is 4.98 Å². The maximum absolute atomic E-state index is 5.68. The van der Waals surface area contributed by atoms with Gasteiger partial charge in [0.15, 0.2) is 0 Å². The second kappa shape index (κ2) is 6.80. The van der Waals surface area contributed by atoms with Gasteiger partial charge in [-0.15, -0.1) is 0 Å². The van der Waals surface area contributed by atoms with Crippen molar-refractivity contribution in [1.29, 1.82) is 0 Å². The summed E-state index contributed by atoms with van der Waals surface area (Å²) in [7, 11) is 0. The Hall–Kier alpha value is -1.76. The lowest BCUT2D eigenvalue weighted by Crippen LogP contribution is -2.38. The monoisotopic (exact) mass is 349 g/mol. The van der Waals surface area contributed by atoms with Crippen LogP contribution < -0.4 is 9.64 Å². The Kier molecular flexibility index (Phi) is 4.59. The Balaban J connectivity index is 1.55. The number of nitrogens with zero attached hydrogens (tertiary/aromatic N) is 5. The molecular weight excluding hydrogens is 334 g/mol. The lowest BCUT2D eigenvalue weighted by atomic mass is 9.99. The van der Waals surface area contributed by atoms with Crippen molar-refractivity contribution < 1.29 is 4.74 Å². The number of hydrogen-bond acceptors (Lipinski definition) is 6. The van der Waals surface area contributed by atoms with Crippen LogP contribution in [0.4, 0.5) is 5.82 Å². The average molecular weight is 350 g/mol. The van der Waals surface area contributed by atoms with E-state index in [1.165, 1.54) is 0 Å². The molecule has 0 amide bonds. The number of halogens is 1. The molecule has 1 atom stereocenters. The fourth-order valence-electron chi connectivity index (χ4n) is 2.43. The van der Waals surface area contributed by atoms with Gasteiger partial charge in [0.05, 0.1) is 17.3 Å². The van der Waals surface area contributed by atoms with Crippen LogP contribution in [0.15, 0.2) is 35.5 Å². The van der Waals surface area contributed by atoms with Gasteiger partial charge in [-0.1, -0.05) is 0 Å². The van der Waals surface area contributed by atoms with E-state index in [0.29, 0.717) is 18.5 Å². The highest BCUT2D eigenvalue weighted by atomic mass is 79.9. The van der Waals surface area contributed by atoms with Crippen LogP contribution in [0, 0.1) is 5.92 Å². The normalized spacial score (nSPS) is 18.5. The zero-order chi connectivity index (χ0) is 14.5. The average Bonchev–Trinajstić information content (AvgIpc) is 2.55. The zero-order valence-electron chi connectivity index (χ0n) is 11.5. The number of hydrogen-bond donors (Lipinski definition) is 0. The van der Waals surface area contributed by atoms with Crippen molar-refractivity contribution in [3.63, 3.8) is 0 Å². The fourth-order valence-corrected chi connectivity index (χ4v) is 2.64. The molecule has 21 heavy (non-hydrogen) atoms. The van der Waals surface area contributed by atoms with Crippen LogP contribution in [0.5, 0.6) is 6.01 Å². The summed E-state index contributed by atoms with van der Waals surface area (Å²) in [6.07, 6.45) is 10.9. The Bertz CT molecular complexity index is 565. The van der Waals surface area contributed by atoms with E-state index in [1.807, 2.05) is 0 Å². The van der Waals surface area contributed by atoms with E-state index >= 15 is 0 Å². The molecule has 0 spiro atoms. The van der Waals surface area contributed by atoms with Crippen LogP contribution in [0.1, 0.15) is 12.8 Å². The predicted molar refractivity (Wildman–Crippen MR) is 82.2 cm³/mol. The van der Waals surface area contributed by atoms with Crippen LogP contribution in [0.3, 0.4) is 0 Å². The Morgan fingerprint density at radius 2 is 2.05 bits per heavy atom. The van der Waals surface area contributed by atoms with E-state index in [4.69, 9.17) is 4.74 Å². The van der Waals surface area contributed by atoms with E-state index in [2.05, 4.69) is 40.8 Å². The van der Waals surface area contributed by atoms with Gasteiger partial charge in [-0.25, -0.2) is 15.0 Å². The maximum atomic E-state index is 5.68. The van der Waals surface area contributed by atoms with Crippen molar-refractivity contribution in [2.24, 2.45) is 5.92 Å². The van der Waals surface area contributed by atoms with Crippen LogP contribution in [-0.4, -0.2) is 39.6 Å². The molecule has 7 heteroatoms. The summed E-state index contributed by atoms with van der Waals surface area (Å²) >= 11 is 3.31. The molecule has 0 aliphatic carbocycles. The molecule has 3 rings (SSSR count). The van der Waals surface area contributed by atoms with Gasteiger partial charge in [0.1, 0.15) is 5.82 Å². The molecule has 0 N–H and O–H groups in total. The van der Waals surface area contributed by atoms with Gasteiger partial charge in [-0.05, 0) is 28.8 Å². The predicted octanol–water partition coefficient (Wildman–Crippen LogP) is 2.32. The molecule has 1 saturated heterocycles. The third kappa shape index (κ3) is 3.87. The van der Waals surface area contributed by atoms with Gasteiger partial charge in [-0.2, -0.15) is 0 Å². The highest BCUT2D eigenvalue weighted by Crippen LogP contribution is 2.21. The van der Waals surface area contributed by atoms with Crippen LogP contribution in [0.2, 0.25) is 0 Å². The minimum atomic E-state index is 0.426. The summed E-state index contributed by atoms with van der Waals surface area (Å²) in [5, 5.41) is 0. The van der Waals surface area contributed by atoms with Gasteiger partial charge in [0.2, 0.25) is 0 Å².